The Morgan fingerprint density at radius 2 is 1.59 bits per heavy atom. The molecule has 1 atom stereocenters. The van der Waals surface area contributed by atoms with E-state index in [9.17, 15) is 18.0 Å². The van der Waals surface area contributed by atoms with Crippen molar-refractivity contribution in [1.29, 1.82) is 0 Å². The fraction of sp³-hybridized carbons (Fsp3) is 0.422. The van der Waals surface area contributed by atoms with Crippen molar-refractivity contribution in [3.63, 3.8) is 0 Å². The first-order valence-corrected chi connectivity index (χ1v) is 23.3. The number of hydrogen-bond donors (Lipinski definition) is 2. The molecule has 9 rings (SSSR count). The number of methoxy groups -OCH3 is 2. The first-order valence-electron chi connectivity index (χ1n) is 21.9. The summed E-state index contributed by atoms with van der Waals surface area (Å²) in [6, 6.07) is 15.6. The number of nitrogens with two attached hydrogens (primary N) is 1. The van der Waals surface area contributed by atoms with Gasteiger partial charge in [0.2, 0.25) is 22.1 Å². The standard InChI is InChI=1S/C23H25N5O5.C22H30N6O4S/c1-30-18-11-14-15(12-19(18)31-2)25-23(26-21(14)24)28-9-7-27(8-10-28)22(29)20-13-32-16-5-3-4-6-17(16)33-20;1-5-7-17-19-20(27(4)25-17)22(29)24-21(23-19)16-14-15(8-9-18(16)32-6-2)33(30,31)28-12-10-26(3)11-13-28/h3-6,11-12,20H,7-10,13H2,1-2H3,(H2,24,25,26);8-9,14H,5-7,10-13H2,1-4H3,(H,23,24,29). The Morgan fingerprint density at radius 3 is 2.29 bits per heavy atom. The number of aryl methyl sites for hydroxylation is 2. The van der Waals surface area contributed by atoms with E-state index in [1.807, 2.05) is 44.0 Å². The number of piperazine rings is 2. The molecule has 3 N–H and O–H groups in total. The second kappa shape index (κ2) is 19.4. The number of amides is 1. The number of rotatable bonds is 11. The number of ether oxygens (including phenoxy) is 5. The van der Waals surface area contributed by atoms with Gasteiger partial charge in [0.15, 0.2) is 28.5 Å². The minimum Gasteiger partial charge on any atom is -0.493 e. The zero-order valence-electron chi connectivity index (χ0n) is 37.9. The van der Waals surface area contributed by atoms with Crippen molar-refractivity contribution < 1.29 is 36.9 Å². The normalized spacial score (nSPS) is 16.8. The van der Waals surface area contributed by atoms with Gasteiger partial charge in [-0.2, -0.15) is 14.4 Å². The van der Waals surface area contributed by atoms with Crippen LogP contribution in [0.15, 0.2) is 64.3 Å². The lowest BCUT2D eigenvalue weighted by atomic mass is 10.1. The molecule has 0 bridgehead atoms. The fourth-order valence-electron chi connectivity index (χ4n) is 8.17. The van der Waals surface area contributed by atoms with E-state index in [-0.39, 0.29) is 28.8 Å². The van der Waals surface area contributed by atoms with Gasteiger partial charge in [0, 0.05) is 70.9 Å². The Hall–Kier alpha value is -6.71. The van der Waals surface area contributed by atoms with Crippen molar-refractivity contribution in [3.8, 4) is 40.1 Å². The molecule has 2 saturated heterocycles. The SMILES string of the molecule is CCCc1nn(C)c2c(=O)[nH]c(-c3cc(S(=O)(=O)N4CCN(C)CC4)ccc3OCC)nc12.COc1cc2nc(N3CCN(C(=O)C4COc5ccccc5O4)CC3)nc(N)c2cc1OC. The number of nitrogen functional groups attached to an aromatic ring is 1. The molecule has 20 nitrogen and oxygen atoms in total. The maximum Gasteiger partial charge on any atom is 0.277 e. The van der Waals surface area contributed by atoms with Crippen molar-refractivity contribution >= 4 is 49.6 Å². The molecule has 66 heavy (non-hydrogen) atoms. The number of aromatic nitrogens is 6. The topological polar surface area (TPSA) is 226 Å². The molecule has 0 spiro atoms. The summed E-state index contributed by atoms with van der Waals surface area (Å²) in [5, 5.41) is 5.15. The van der Waals surface area contributed by atoms with Crippen LogP contribution in [0.2, 0.25) is 0 Å². The van der Waals surface area contributed by atoms with E-state index in [1.165, 1.54) is 8.99 Å². The van der Waals surface area contributed by atoms with Crippen molar-refractivity contribution in [1.82, 2.24) is 43.8 Å². The van der Waals surface area contributed by atoms with Crippen LogP contribution in [0.25, 0.3) is 33.3 Å². The third-order valence-corrected chi connectivity index (χ3v) is 13.6. The highest BCUT2D eigenvalue weighted by Gasteiger charge is 2.34. The molecule has 1 unspecified atom stereocenters. The monoisotopic (exact) mass is 925 g/mol. The number of para-hydroxylation sites is 2. The predicted octanol–water partition coefficient (Wildman–Crippen LogP) is 3.33. The van der Waals surface area contributed by atoms with E-state index in [4.69, 9.17) is 34.4 Å². The van der Waals surface area contributed by atoms with E-state index in [1.54, 1.807) is 62.6 Å². The molecular formula is C45H55N11O9S. The average Bonchev–Trinajstić information content (AvgIpc) is 3.65. The molecule has 3 aliphatic heterocycles. The number of benzene rings is 3. The summed E-state index contributed by atoms with van der Waals surface area (Å²) in [6.45, 7) is 8.88. The van der Waals surface area contributed by atoms with Crippen LogP contribution in [0.4, 0.5) is 11.8 Å². The Bertz CT molecular complexity index is 2910. The lowest BCUT2D eigenvalue weighted by molar-refractivity contribution is -0.141. The van der Waals surface area contributed by atoms with Gasteiger partial charge in [-0.05, 0) is 56.8 Å². The highest BCUT2D eigenvalue weighted by Crippen LogP contribution is 2.36. The van der Waals surface area contributed by atoms with Crippen molar-refractivity contribution in [2.24, 2.45) is 7.05 Å². The summed E-state index contributed by atoms with van der Waals surface area (Å²) in [7, 11) is 3.13. The largest absolute Gasteiger partial charge is 0.493 e. The molecule has 6 aromatic rings. The lowest BCUT2D eigenvalue weighted by Crippen LogP contribution is -2.54. The molecular weight excluding hydrogens is 871 g/mol. The average molecular weight is 926 g/mol. The molecule has 21 heteroatoms. The first-order chi connectivity index (χ1) is 31.8. The zero-order chi connectivity index (χ0) is 46.7. The van der Waals surface area contributed by atoms with Gasteiger partial charge in [0.1, 0.15) is 29.5 Å². The summed E-state index contributed by atoms with van der Waals surface area (Å²) < 4.78 is 57.7. The third kappa shape index (κ3) is 9.22. The smallest absolute Gasteiger partial charge is 0.277 e. The number of aromatic amines is 1. The van der Waals surface area contributed by atoms with Crippen LogP contribution in [0.1, 0.15) is 26.0 Å². The Kier molecular flexibility index (Phi) is 13.5. The van der Waals surface area contributed by atoms with Crippen LogP contribution in [0.5, 0.6) is 28.7 Å². The lowest BCUT2D eigenvalue weighted by Gasteiger charge is -2.37. The maximum atomic E-state index is 13.3. The number of anilines is 2. The molecule has 2 fully saturated rings. The fourth-order valence-corrected chi connectivity index (χ4v) is 9.62. The number of carbonyl (C=O) groups excluding carboxylic acids is 1. The van der Waals surface area contributed by atoms with Gasteiger partial charge >= 0.3 is 0 Å². The van der Waals surface area contributed by atoms with Crippen LogP contribution in [0.3, 0.4) is 0 Å². The summed E-state index contributed by atoms with van der Waals surface area (Å²) in [6.07, 6.45) is 0.892. The van der Waals surface area contributed by atoms with Crippen molar-refractivity contribution in [3.05, 3.63) is 70.6 Å². The van der Waals surface area contributed by atoms with E-state index in [0.717, 1.165) is 12.1 Å². The van der Waals surface area contributed by atoms with Crippen LogP contribution in [-0.2, 0) is 28.3 Å². The number of sulfonamides is 1. The quantitative estimate of drug-likeness (QED) is 0.190. The zero-order valence-corrected chi connectivity index (χ0v) is 38.8. The first kappa shape index (κ1) is 45.8. The Morgan fingerprint density at radius 1 is 0.879 bits per heavy atom. The molecule has 0 aliphatic carbocycles. The van der Waals surface area contributed by atoms with Gasteiger partial charge in [-0.3, -0.25) is 14.3 Å². The number of hydrogen-bond acceptors (Lipinski definition) is 16. The van der Waals surface area contributed by atoms with Gasteiger partial charge in [0.25, 0.3) is 11.5 Å². The number of H-pyrrole nitrogens is 1. The Balaban J connectivity index is 0.000000179. The van der Waals surface area contributed by atoms with Crippen molar-refractivity contribution in [2.75, 3.05) is 97.5 Å². The van der Waals surface area contributed by atoms with Gasteiger partial charge in [-0.25, -0.2) is 18.4 Å². The molecule has 3 aromatic carbocycles. The summed E-state index contributed by atoms with van der Waals surface area (Å²) >= 11 is 0. The van der Waals surface area contributed by atoms with E-state index < -0.39 is 16.1 Å². The second-order valence-corrected chi connectivity index (χ2v) is 18.0. The number of nitrogens with one attached hydrogen (secondary N) is 1. The number of nitrogens with zero attached hydrogens (tertiary/aromatic N) is 9. The minimum absolute atomic E-state index is 0.0834. The van der Waals surface area contributed by atoms with Gasteiger partial charge in [-0.15, -0.1) is 0 Å². The van der Waals surface area contributed by atoms with Crippen LogP contribution in [-0.4, -0.2) is 151 Å². The summed E-state index contributed by atoms with van der Waals surface area (Å²) in [5.41, 5.74) is 8.63. The van der Waals surface area contributed by atoms with E-state index in [2.05, 4.69) is 25.0 Å². The summed E-state index contributed by atoms with van der Waals surface area (Å²) in [4.78, 5) is 48.6. The van der Waals surface area contributed by atoms with Crippen LogP contribution < -0.4 is 39.9 Å². The van der Waals surface area contributed by atoms with E-state index >= 15 is 0 Å². The number of carbonyl (C=O) groups is 1. The van der Waals surface area contributed by atoms with Gasteiger partial charge < -0.3 is 49.1 Å². The van der Waals surface area contributed by atoms with Gasteiger partial charge in [-0.1, -0.05) is 25.5 Å². The molecule has 350 valence electrons. The number of likely N-dealkylation sites (N-methyl/N-ethyl adjacent to an activating group) is 1. The molecule has 0 saturated carbocycles. The second-order valence-electron chi connectivity index (χ2n) is 16.0. The summed E-state index contributed by atoms with van der Waals surface area (Å²) in [5.74, 6) is 3.90. The molecule has 3 aliphatic rings. The molecule has 6 heterocycles. The molecule has 0 radical (unpaired) electrons. The molecule has 3 aromatic heterocycles. The maximum absolute atomic E-state index is 13.3. The predicted molar refractivity (Wildman–Crippen MR) is 248 cm³/mol. The van der Waals surface area contributed by atoms with Crippen LogP contribution >= 0.6 is 0 Å². The highest BCUT2D eigenvalue weighted by atomic mass is 32.2. The molecule has 1 amide bonds. The third-order valence-electron chi connectivity index (χ3n) is 11.7. The van der Waals surface area contributed by atoms with E-state index in [0.29, 0.717) is 133 Å². The number of fused-ring (bicyclic) bond motifs is 3. The van der Waals surface area contributed by atoms with Crippen LogP contribution in [0, 0.1) is 0 Å². The highest BCUT2D eigenvalue weighted by molar-refractivity contribution is 7.89. The van der Waals surface area contributed by atoms with Gasteiger partial charge in [0.05, 0.1) is 42.5 Å². The minimum atomic E-state index is -3.70. The van der Waals surface area contributed by atoms with Crippen molar-refractivity contribution in [2.45, 2.75) is 37.7 Å². The Labute approximate surface area is 382 Å².